The zero-order valence-electron chi connectivity index (χ0n) is 12.4. The lowest BCUT2D eigenvalue weighted by Gasteiger charge is -2.14. The fourth-order valence-corrected chi connectivity index (χ4v) is 2.94. The highest BCUT2D eigenvalue weighted by Crippen LogP contribution is 2.22. The van der Waals surface area contributed by atoms with Crippen molar-refractivity contribution in [2.45, 2.75) is 45.1 Å². The molecule has 2 aromatic rings. The van der Waals surface area contributed by atoms with Crippen LogP contribution in [0.2, 0.25) is 0 Å². The molecule has 0 unspecified atom stereocenters. The lowest BCUT2D eigenvalue weighted by Crippen LogP contribution is -2.27. The number of aryl methyl sites for hydroxylation is 1. The van der Waals surface area contributed by atoms with Gasteiger partial charge in [0.2, 0.25) is 0 Å². The number of carbonyl (C=O) groups excluding carboxylic acids is 1. The van der Waals surface area contributed by atoms with Gasteiger partial charge in [-0.25, -0.2) is 0 Å². The molecule has 21 heavy (non-hydrogen) atoms. The van der Waals surface area contributed by atoms with Crippen LogP contribution in [0.4, 0.5) is 0 Å². The molecule has 4 heteroatoms. The van der Waals surface area contributed by atoms with E-state index in [9.17, 15) is 4.79 Å². The van der Waals surface area contributed by atoms with E-state index in [4.69, 9.17) is 0 Å². The number of hydrogen-bond donors (Lipinski definition) is 2. The zero-order valence-corrected chi connectivity index (χ0v) is 12.4. The van der Waals surface area contributed by atoms with Crippen LogP contribution in [0.15, 0.2) is 30.3 Å². The van der Waals surface area contributed by atoms with Crippen LogP contribution >= 0.6 is 0 Å². The van der Waals surface area contributed by atoms with Gasteiger partial charge in [-0.3, -0.25) is 9.89 Å². The highest BCUT2D eigenvalue weighted by Gasteiger charge is 2.21. The van der Waals surface area contributed by atoms with Crippen molar-refractivity contribution < 1.29 is 4.79 Å². The van der Waals surface area contributed by atoms with E-state index in [1.165, 1.54) is 12.8 Å². The lowest BCUT2D eigenvalue weighted by atomic mass is 10.1. The summed E-state index contributed by atoms with van der Waals surface area (Å²) in [5, 5.41) is 10.3. The van der Waals surface area contributed by atoms with Crippen LogP contribution < -0.4 is 5.32 Å². The minimum Gasteiger partial charge on any atom is -0.344 e. The average Bonchev–Trinajstić information content (AvgIpc) is 2.77. The SMILES string of the molecule is C[C@@H](NC(=O)c1n[nH]c2c1CCCCC2)c1ccccc1. The Morgan fingerprint density at radius 2 is 1.95 bits per heavy atom. The van der Waals surface area contributed by atoms with Gasteiger partial charge in [0.25, 0.3) is 5.91 Å². The number of hydrogen-bond acceptors (Lipinski definition) is 2. The lowest BCUT2D eigenvalue weighted by molar-refractivity contribution is 0.0934. The number of fused-ring (bicyclic) bond motifs is 1. The first-order chi connectivity index (χ1) is 10.3. The summed E-state index contributed by atoms with van der Waals surface area (Å²) in [5.74, 6) is -0.0780. The number of H-pyrrole nitrogens is 1. The van der Waals surface area contributed by atoms with Crippen molar-refractivity contribution in [1.29, 1.82) is 0 Å². The summed E-state index contributed by atoms with van der Waals surface area (Å²) >= 11 is 0. The molecular weight excluding hydrogens is 262 g/mol. The predicted molar refractivity (Wildman–Crippen MR) is 82.2 cm³/mol. The normalized spacial score (nSPS) is 15.9. The van der Waals surface area contributed by atoms with Crippen LogP contribution in [0.1, 0.15) is 59.5 Å². The van der Waals surface area contributed by atoms with Crippen LogP contribution in [0.25, 0.3) is 0 Å². The first kappa shape index (κ1) is 13.9. The van der Waals surface area contributed by atoms with E-state index in [0.29, 0.717) is 5.69 Å². The molecule has 0 saturated carbocycles. The highest BCUT2D eigenvalue weighted by molar-refractivity contribution is 5.94. The summed E-state index contributed by atoms with van der Waals surface area (Å²) in [4.78, 5) is 12.5. The van der Waals surface area contributed by atoms with Gasteiger partial charge in [0.1, 0.15) is 0 Å². The first-order valence-corrected chi connectivity index (χ1v) is 7.67. The summed E-state index contributed by atoms with van der Waals surface area (Å²) in [6.45, 7) is 2.00. The molecule has 1 amide bonds. The van der Waals surface area contributed by atoms with Crippen molar-refractivity contribution in [2.75, 3.05) is 0 Å². The maximum absolute atomic E-state index is 12.5. The van der Waals surface area contributed by atoms with Crippen molar-refractivity contribution >= 4 is 5.91 Å². The van der Waals surface area contributed by atoms with Crippen LogP contribution in [0, 0.1) is 0 Å². The molecule has 0 saturated heterocycles. The first-order valence-electron chi connectivity index (χ1n) is 7.67. The number of aromatic nitrogens is 2. The molecule has 0 radical (unpaired) electrons. The summed E-state index contributed by atoms with van der Waals surface area (Å²) in [5.41, 5.74) is 3.94. The van der Waals surface area contributed by atoms with Gasteiger partial charge in [0.15, 0.2) is 5.69 Å². The molecule has 1 heterocycles. The van der Waals surface area contributed by atoms with Crippen LogP contribution in [-0.2, 0) is 12.8 Å². The van der Waals surface area contributed by atoms with Crippen molar-refractivity contribution in [1.82, 2.24) is 15.5 Å². The number of nitrogens with one attached hydrogen (secondary N) is 2. The van der Waals surface area contributed by atoms with Crippen LogP contribution in [-0.4, -0.2) is 16.1 Å². The second kappa shape index (κ2) is 6.12. The van der Waals surface area contributed by atoms with Gasteiger partial charge in [-0.2, -0.15) is 5.10 Å². The topological polar surface area (TPSA) is 57.8 Å². The molecule has 1 aromatic heterocycles. The van der Waals surface area contributed by atoms with E-state index in [0.717, 1.165) is 36.1 Å². The molecule has 0 aliphatic heterocycles. The van der Waals surface area contributed by atoms with Gasteiger partial charge < -0.3 is 5.32 Å². The average molecular weight is 283 g/mol. The minimum absolute atomic E-state index is 0.0168. The van der Waals surface area contributed by atoms with E-state index in [1.807, 2.05) is 37.3 Å². The van der Waals surface area contributed by atoms with Gasteiger partial charge in [0, 0.05) is 11.3 Å². The molecule has 1 atom stereocenters. The van der Waals surface area contributed by atoms with E-state index in [1.54, 1.807) is 0 Å². The molecule has 3 rings (SSSR count). The molecule has 4 nitrogen and oxygen atoms in total. The molecule has 0 bridgehead atoms. The van der Waals surface area contributed by atoms with Gasteiger partial charge in [0.05, 0.1) is 6.04 Å². The molecule has 1 aromatic carbocycles. The molecule has 110 valence electrons. The summed E-state index contributed by atoms with van der Waals surface area (Å²) in [7, 11) is 0. The van der Waals surface area contributed by atoms with E-state index < -0.39 is 0 Å². The van der Waals surface area contributed by atoms with Gasteiger partial charge in [-0.05, 0) is 38.2 Å². The Morgan fingerprint density at radius 1 is 1.19 bits per heavy atom. The van der Waals surface area contributed by atoms with Crippen molar-refractivity contribution in [2.24, 2.45) is 0 Å². The summed E-state index contributed by atoms with van der Waals surface area (Å²) in [6.07, 6.45) is 5.50. The van der Waals surface area contributed by atoms with Gasteiger partial charge in [-0.15, -0.1) is 0 Å². The van der Waals surface area contributed by atoms with E-state index in [-0.39, 0.29) is 11.9 Å². The maximum atomic E-state index is 12.5. The Morgan fingerprint density at radius 3 is 2.76 bits per heavy atom. The molecule has 1 aliphatic carbocycles. The van der Waals surface area contributed by atoms with Crippen molar-refractivity contribution in [3.8, 4) is 0 Å². The number of nitrogens with zero attached hydrogens (tertiary/aromatic N) is 1. The Labute approximate surface area is 125 Å². The predicted octanol–water partition coefficient (Wildman–Crippen LogP) is 3.17. The number of carbonyl (C=O) groups is 1. The number of amides is 1. The largest absolute Gasteiger partial charge is 0.344 e. The second-order valence-electron chi connectivity index (χ2n) is 5.70. The van der Waals surface area contributed by atoms with Gasteiger partial charge >= 0.3 is 0 Å². The standard InChI is InChI=1S/C17H21N3O/c1-12(13-8-4-2-5-9-13)18-17(21)16-14-10-6-3-7-11-15(14)19-20-16/h2,4-5,8-9,12H,3,6-7,10-11H2,1H3,(H,18,21)(H,19,20)/t12-/m1/s1. The molecule has 0 spiro atoms. The molecule has 1 aliphatic rings. The summed E-state index contributed by atoms with van der Waals surface area (Å²) in [6, 6.07) is 9.98. The third-order valence-electron chi connectivity index (χ3n) is 4.17. The zero-order chi connectivity index (χ0) is 14.7. The van der Waals surface area contributed by atoms with Crippen LogP contribution in [0.3, 0.4) is 0 Å². The maximum Gasteiger partial charge on any atom is 0.272 e. The Bertz CT molecular complexity index is 618. The van der Waals surface area contributed by atoms with Gasteiger partial charge in [-0.1, -0.05) is 36.8 Å². The fourth-order valence-electron chi connectivity index (χ4n) is 2.94. The minimum atomic E-state index is -0.0780. The monoisotopic (exact) mass is 283 g/mol. The summed E-state index contributed by atoms with van der Waals surface area (Å²) < 4.78 is 0. The molecule has 2 N–H and O–H groups in total. The fraction of sp³-hybridized carbons (Fsp3) is 0.412. The second-order valence-corrected chi connectivity index (χ2v) is 5.70. The number of benzene rings is 1. The Balaban J connectivity index is 1.75. The number of rotatable bonds is 3. The number of aromatic amines is 1. The molecule has 0 fully saturated rings. The third-order valence-corrected chi connectivity index (χ3v) is 4.17. The quantitative estimate of drug-likeness (QED) is 0.850. The van der Waals surface area contributed by atoms with E-state index >= 15 is 0 Å². The molecular formula is C17H21N3O. The van der Waals surface area contributed by atoms with Crippen molar-refractivity contribution in [3.63, 3.8) is 0 Å². The Hall–Kier alpha value is -2.10. The highest BCUT2D eigenvalue weighted by atomic mass is 16.2. The third kappa shape index (κ3) is 2.99. The smallest absolute Gasteiger partial charge is 0.272 e. The van der Waals surface area contributed by atoms with E-state index in [2.05, 4.69) is 15.5 Å². The van der Waals surface area contributed by atoms with Crippen molar-refractivity contribution in [3.05, 3.63) is 52.8 Å². The Kier molecular flexibility index (Phi) is 4.04. The van der Waals surface area contributed by atoms with Crippen LogP contribution in [0.5, 0.6) is 0 Å².